The van der Waals surface area contributed by atoms with Crippen molar-refractivity contribution < 1.29 is 13.2 Å². The Kier molecular flexibility index (Phi) is 7.83. The summed E-state index contributed by atoms with van der Waals surface area (Å²) >= 11 is 1.90. The third kappa shape index (κ3) is 5.79. The molecule has 0 unspecified atom stereocenters. The van der Waals surface area contributed by atoms with Gasteiger partial charge in [-0.2, -0.15) is 11.8 Å². The van der Waals surface area contributed by atoms with Crippen LogP contribution in [0, 0.1) is 13.8 Å². The number of sulfonamides is 1. The van der Waals surface area contributed by atoms with E-state index < -0.39 is 10.0 Å². The molecule has 0 aromatic heterocycles. The van der Waals surface area contributed by atoms with Gasteiger partial charge in [-0.25, -0.2) is 8.42 Å². The van der Waals surface area contributed by atoms with Gasteiger partial charge in [0.15, 0.2) is 0 Å². The van der Waals surface area contributed by atoms with Gasteiger partial charge in [0.1, 0.15) is 6.54 Å². The van der Waals surface area contributed by atoms with Crippen LogP contribution < -0.4 is 9.62 Å². The second kappa shape index (κ2) is 10.4. The van der Waals surface area contributed by atoms with E-state index in [0.717, 1.165) is 16.9 Å². The van der Waals surface area contributed by atoms with Crippen LogP contribution in [0.15, 0.2) is 53.4 Å². The summed E-state index contributed by atoms with van der Waals surface area (Å²) in [5.74, 6) is 0.561. The van der Waals surface area contributed by atoms with Gasteiger partial charge in [-0.05, 0) is 62.1 Å². The first-order chi connectivity index (χ1) is 14.4. The molecule has 30 heavy (non-hydrogen) atoms. The second-order valence-electron chi connectivity index (χ2n) is 7.72. The smallest absolute Gasteiger partial charge is 0.264 e. The molecule has 0 spiro atoms. The van der Waals surface area contributed by atoms with Crippen molar-refractivity contribution in [3.05, 3.63) is 59.7 Å². The number of carbonyl (C=O) groups excluding carboxylic acids is 1. The molecule has 0 saturated heterocycles. The van der Waals surface area contributed by atoms with E-state index >= 15 is 0 Å². The standard InChI is InChI=1S/C23H30N2O3S2/c1-18-12-13-20(16-19(18)2)25(30(27,28)22-10-4-3-5-11-22)17-23(26)24-14-15-29-21-8-6-7-9-21/h3-5,10-13,16,21H,6-9,14-15,17H2,1-2H3,(H,24,26). The molecule has 2 aromatic rings. The van der Waals surface area contributed by atoms with Gasteiger partial charge in [0.25, 0.3) is 10.0 Å². The molecule has 5 nitrogen and oxygen atoms in total. The summed E-state index contributed by atoms with van der Waals surface area (Å²) in [7, 11) is -3.86. The van der Waals surface area contributed by atoms with Gasteiger partial charge in [0, 0.05) is 17.5 Å². The number of thioether (sulfide) groups is 1. The maximum atomic E-state index is 13.3. The molecule has 1 aliphatic carbocycles. The van der Waals surface area contributed by atoms with Crippen LogP contribution in [0.25, 0.3) is 0 Å². The SMILES string of the molecule is Cc1ccc(N(CC(=O)NCCSC2CCCC2)S(=O)(=O)c2ccccc2)cc1C. The van der Waals surface area contributed by atoms with Gasteiger partial charge in [0.2, 0.25) is 5.91 Å². The fraction of sp³-hybridized carbons (Fsp3) is 0.435. The van der Waals surface area contributed by atoms with Gasteiger partial charge in [0.05, 0.1) is 10.6 Å². The number of anilines is 1. The predicted octanol–water partition coefficient (Wildman–Crippen LogP) is 4.29. The first-order valence-electron chi connectivity index (χ1n) is 10.4. The maximum Gasteiger partial charge on any atom is 0.264 e. The van der Waals surface area contributed by atoms with Crippen LogP contribution in [-0.2, 0) is 14.8 Å². The van der Waals surface area contributed by atoms with Crippen molar-refractivity contribution >= 4 is 33.4 Å². The van der Waals surface area contributed by atoms with Gasteiger partial charge in [-0.15, -0.1) is 0 Å². The minimum absolute atomic E-state index is 0.174. The maximum absolute atomic E-state index is 13.3. The fourth-order valence-electron chi connectivity index (χ4n) is 3.57. The number of benzene rings is 2. The summed E-state index contributed by atoms with van der Waals surface area (Å²) in [4.78, 5) is 12.8. The summed E-state index contributed by atoms with van der Waals surface area (Å²) in [5.41, 5.74) is 2.55. The van der Waals surface area contributed by atoms with Crippen molar-refractivity contribution in [3.63, 3.8) is 0 Å². The van der Waals surface area contributed by atoms with Crippen LogP contribution in [0.5, 0.6) is 0 Å². The highest BCUT2D eigenvalue weighted by atomic mass is 32.2. The van der Waals surface area contributed by atoms with Crippen LogP contribution in [0.3, 0.4) is 0 Å². The summed E-state index contributed by atoms with van der Waals surface area (Å²) in [5, 5.41) is 3.59. The van der Waals surface area contributed by atoms with Crippen LogP contribution >= 0.6 is 11.8 Å². The molecule has 2 aromatic carbocycles. The third-order valence-corrected chi connectivity index (χ3v) is 8.65. The molecule has 0 bridgehead atoms. The average molecular weight is 447 g/mol. The van der Waals surface area contributed by atoms with E-state index in [1.165, 1.54) is 30.0 Å². The Morgan fingerprint density at radius 3 is 2.43 bits per heavy atom. The first kappa shape index (κ1) is 22.7. The Bertz CT molecular complexity index is 956. The fourth-order valence-corrected chi connectivity index (χ4v) is 6.23. The molecule has 3 rings (SSSR count). The zero-order valence-electron chi connectivity index (χ0n) is 17.6. The highest BCUT2D eigenvalue weighted by molar-refractivity contribution is 7.99. The average Bonchev–Trinajstić information content (AvgIpc) is 3.26. The highest BCUT2D eigenvalue weighted by Gasteiger charge is 2.27. The van der Waals surface area contributed by atoms with Gasteiger partial charge >= 0.3 is 0 Å². The Hall–Kier alpha value is -1.99. The zero-order chi connectivity index (χ0) is 21.6. The number of nitrogens with one attached hydrogen (secondary N) is 1. The van der Waals surface area contributed by atoms with Gasteiger partial charge in [-0.3, -0.25) is 9.10 Å². The number of hydrogen-bond acceptors (Lipinski definition) is 4. The van der Waals surface area contributed by atoms with E-state index in [4.69, 9.17) is 0 Å². The first-order valence-corrected chi connectivity index (χ1v) is 12.9. The van der Waals surface area contributed by atoms with Crippen molar-refractivity contribution in [2.75, 3.05) is 23.1 Å². The molecular formula is C23H30N2O3S2. The number of aryl methyl sites for hydroxylation is 2. The lowest BCUT2D eigenvalue weighted by atomic mass is 10.1. The molecule has 0 radical (unpaired) electrons. The summed E-state index contributed by atoms with van der Waals surface area (Å²) in [6.07, 6.45) is 5.11. The Labute approximate surface area is 184 Å². The van der Waals surface area contributed by atoms with Crippen molar-refractivity contribution in [1.82, 2.24) is 5.32 Å². The molecule has 1 amide bonds. The van der Waals surface area contributed by atoms with E-state index in [0.29, 0.717) is 17.5 Å². The molecule has 7 heteroatoms. The molecule has 1 aliphatic rings. The van der Waals surface area contributed by atoms with Gasteiger partial charge < -0.3 is 5.32 Å². The van der Waals surface area contributed by atoms with E-state index in [9.17, 15) is 13.2 Å². The zero-order valence-corrected chi connectivity index (χ0v) is 19.3. The lowest BCUT2D eigenvalue weighted by molar-refractivity contribution is -0.119. The van der Waals surface area contributed by atoms with E-state index in [-0.39, 0.29) is 17.3 Å². The number of nitrogens with zero attached hydrogens (tertiary/aromatic N) is 1. The molecule has 0 aliphatic heterocycles. The minimum Gasteiger partial charge on any atom is -0.354 e. The van der Waals surface area contributed by atoms with Gasteiger partial charge in [-0.1, -0.05) is 37.1 Å². The molecule has 0 heterocycles. The van der Waals surface area contributed by atoms with Crippen LogP contribution in [0.2, 0.25) is 0 Å². The molecule has 1 fully saturated rings. The monoisotopic (exact) mass is 446 g/mol. The van der Waals surface area contributed by atoms with Crippen LogP contribution in [0.4, 0.5) is 5.69 Å². The second-order valence-corrected chi connectivity index (χ2v) is 11.0. The lowest BCUT2D eigenvalue weighted by Gasteiger charge is -2.25. The largest absolute Gasteiger partial charge is 0.354 e. The van der Waals surface area contributed by atoms with Crippen molar-refractivity contribution in [3.8, 4) is 0 Å². The topological polar surface area (TPSA) is 66.5 Å². The molecule has 1 N–H and O–H groups in total. The summed E-state index contributed by atoms with van der Waals surface area (Å²) in [6.45, 7) is 4.22. The predicted molar refractivity (Wildman–Crippen MR) is 125 cm³/mol. The number of hydrogen-bond donors (Lipinski definition) is 1. The van der Waals surface area contributed by atoms with Crippen molar-refractivity contribution in [2.45, 2.75) is 49.7 Å². The normalized spacial score (nSPS) is 14.6. The van der Waals surface area contributed by atoms with Crippen LogP contribution in [0.1, 0.15) is 36.8 Å². The van der Waals surface area contributed by atoms with Crippen LogP contribution in [-0.4, -0.2) is 38.4 Å². The minimum atomic E-state index is -3.86. The molecule has 0 atom stereocenters. The van der Waals surface area contributed by atoms with E-state index in [2.05, 4.69) is 5.32 Å². The lowest BCUT2D eigenvalue weighted by Crippen LogP contribution is -2.41. The highest BCUT2D eigenvalue weighted by Crippen LogP contribution is 2.29. The summed E-state index contributed by atoms with van der Waals surface area (Å²) in [6, 6.07) is 13.7. The number of carbonyl (C=O) groups is 1. The Morgan fingerprint density at radius 2 is 1.77 bits per heavy atom. The Morgan fingerprint density at radius 1 is 1.07 bits per heavy atom. The Balaban J connectivity index is 1.72. The van der Waals surface area contributed by atoms with Crippen molar-refractivity contribution in [2.24, 2.45) is 0 Å². The number of amides is 1. The third-order valence-electron chi connectivity index (χ3n) is 5.48. The van der Waals surface area contributed by atoms with E-state index in [1.807, 2.05) is 37.7 Å². The molecular weight excluding hydrogens is 416 g/mol. The van der Waals surface area contributed by atoms with E-state index in [1.54, 1.807) is 36.4 Å². The molecule has 1 saturated carbocycles. The number of rotatable bonds is 9. The molecule has 162 valence electrons. The summed E-state index contributed by atoms with van der Waals surface area (Å²) < 4.78 is 27.8. The quantitative estimate of drug-likeness (QED) is 0.584. The van der Waals surface area contributed by atoms with Crippen molar-refractivity contribution in [1.29, 1.82) is 0 Å².